The Kier molecular flexibility index (Phi) is 4.14. The summed E-state index contributed by atoms with van der Waals surface area (Å²) >= 11 is 0. The maximum absolute atomic E-state index is 13.3. The van der Waals surface area contributed by atoms with E-state index in [2.05, 4.69) is 6.58 Å². The summed E-state index contributed by atoms with van der Waals surface area (Å²) in [5.41, 5.74) is 4.55. The highest BCUT2D eigenvalue weighted by Gasteiger charge is 2.06. The highest BCUT2D eigenvalue weighted by Crippen LogP contribution is 2.21. The number of hydrogen-bond acceptors (Lipinski definition) is 1. The minimum absolute atomic E-state index is 0.0446. The van der Waals surface area contributed by atoms with E-state index >= 15 is 0 Å². The molecular weight excluding hydrogens is 251 g/mol. The Morgan fingerprint density at radius 3 is 2.30 bits per heavy atom. The van der Waals surface area contributed by atoms with Crippen molar-refractivity contribution in [3.63, 3.8) is 0 Å². The van der Waals surface area contributed by atoms with Crippen LogP contribution in [0.4, 0.5) is 4.39 Å². The van der Waals surface area contributed by atoms with Gasteiger partial charge in [0.25, 0.3) is 0 Å². The zero-order chi connectivity index (χ0) is 14.7. The number of rotatable bonds is 4. The molecule has 2 aromatic carbocycles. The molecule has 0 bridgehead atoms. The van der Waals surface area contributed by atoms with Crippen LogP contribution in [0.1, 0.15) is 34.0 Å². The molecule has 0 amide bonds. The van der Waals surface area contributed by atoms with Crippen LogP contribution in [0.3, 0.4) is 0 Å². The molecule has 0 aromatic heterocycles. The number of halogens is 1. The molecule has 0 radical (unpaired) electrons. The molecule has 2 rings (SSSR count). The van der Waals surface area contributed by atoms with E-state index in [0.29, 0.717) is 12.0 Å². The summed E-state index contributed by atoms with van der Waals surface area (Å²) < 4.78 is 13.3. The zero-order valence-electron chi connectivity index (χ0n) is 11.7. The maximum atomic E-state index is 13.3. The minimum atomic E-state index is -0.231. The Labute approximate surface area is 118 Å². The predicted octanol–water partition coefficient (Wildman–Crippen LogP) is 4.59. The van der Waals surface area contributed by atoms with Crippen molar-refractivity contribution < 1.29 is 9.18 Å². The van der Waals surface area contributed by atoms with Crippen LogP contribution < -0.4 is 0 Å². The fraction of sp³-hybridized carbons (Fsp3) is 0.167. The van der Waals surface area contributed by atoms with E-state index in [9.17, 15) is 9.18 Å². The van der Waals surface area contributed by atoms with Gasteiger partial charge < -0.3 is 0 Å². The number of aryl methyl sites for hydroxylation is 1. The average Bonchev–Trinajstić information content (AvgIpc) is 2.43. The molecule has 2 heteroatoms. The second-order valence-corrected chi connectivity index (χ2v) is 4.98. The first-order valence-electron chi connectivity index (χ1n) is 6.51. The third-order valence-corrected chi connectivity index (χ3v) is 3.41. The number of carbonyl (C=O) groups is 1. The summed E-state index contributed by atoms with van der Waals surface area (Å²) in [6.07, 6.45) is 0.600. The molecule has 2 aromatic rings. The van der Waals surface area contributed by atoms with Crippen molar-refractivity contribution in [2.45, 2.75) is 20.3 Å². The minimum Gasteiger partial charge on any atom is -0.295 e. The van der Waals surface area contributed by atoms with Crippen LogP contribution >= 0.6 is 0 Å². The lowest BCUT2D eigenvalue weighted by Crippen LogP contribution is -1.96. The Balaban J connectivity index is 2.19. The molecule has 0 aliphatic carbocycles. The van der Waals surface area contributed by atoms with Crippen molar-refractivity contribution in [2.75, 3.05) is 0 Å². The number of benzene rings is 2. The first-order valence-corrected chi connectivity index (χ1v) is 6.51. The number of ketones is 1. The van der Waals surface area contributed by atoms with Gasteiger partial charge in [-0.2, -0.15) is 0 Å². The summed E-state index contributed by atoms with van der Waals surface area (Å²) in [7, 11) is 0. The Morgan fingerprint density at radius 1 is 1.10 bits per heavy atom. The van der Waals surface area contributed by atoms with Crippen molar-refractivity contribution in [3.8, 4) is 0 Å². The van der Waals surface area contributed by atoms with Crippen LogP contribution in [0.15, 0.2) is 49.0 Å². The molecule has 0 atom stereocenters. The van der Waals surface area contributed by atoms with Gasteiger partial charge in [-0.05, 0) is 54.7 Å². The standard InChI is InChI=1S/C18H17FO/c1-12-4-9-18(19)11-17(12)10-13(2)15-5-7-16(8-6-15)14(3)20/h4-9,11H,2,10H2,1,3H3. The molecule has 0 aliphatic heterocycles. The second-order valence-electron chi connectivity index (χ2n) is 4.98. The molecule has 0 spiro atoms. The van der Waals surface area contributed by atoms with Gasteiger partial charge in [0, 0.05) is 5.56 Å². The zero-order valence-corrected chi connectivity index (χ0v) is 11.7. The van der Waals surface area contributed by atoms with Gasteiger partial charge in [-0.1, -0.05) is 36.9 Å². The number of Topliss-reactive ketones (excluding diaryl/α,β-unsaturated/α-hetero) is 1. The van der Waals surface area contributed by atoms with Crippen LogP contribution in [0, 0.1) is 12.7 Å². The average molecular weight is 268 g/mol. The van der Waals surface area contributed by atoms with Gasteiger partial charge in [0.1, 0.15) is 5.82 Å². The Bertz CT molecular complexity index is 654. The second kappa shape index (κ2) is 5.83. The molecule has 0 saturated heterocycles. The van der Waals surface area contributed by atoms with Crippen LogP contribution in [0.2, 0.25) is 0 Å². The molecule has 1 nitrogen and oxygen atoms in total. The summed E-state index contributed by atoms with van der Waals surface area (Å²) in [6, 6.07) is 12.1. The quantitative estimate of drug-likeness (QED) is 0.741. The summed E-state index contributed by atoms with van der Waals surface area (Å²) in [5.74, 6) is -0.187. The van der Waals surface area contributed by atoms with Gasteiger partial charge in [-0.3, -0.25) is 4.79 Å². The molecule has 102 valence electrons. The number of allylic oxidation sites excluding steroid dienone is 1. The third-order valence-electron chi connectivity index (χ3n) is 3.41. The van der Waals surface area contributed by atoms with E-state index in [1.807, 2.05) is 19.1 Å². The van der Waals surface area contributed by atoms with Crippen LogP contribution in [0.25, 0.3) is 5.57 Å². The van der Waals surface area contributed by atoms with Crippen LogP contribution in [0.5, 0.6) is 0 Å². The van der Waals surface area contributed by atoms with E-state index in [4.69, 9.17) is 0 Å². The highest BCUT2D eigenvalue weighted by atomic mass is 19.1. The van der Waals surface area contributed by atoms with Gasteiger partial charge in [-0.15, -0.1) is 0 Å². The van der Waals surface area contributed by atoms with Crippen molar-refractivity contribution >= 4 is 11.4 Å². The van der Waals surface area contributed by atoms with E-state index in [1.165, 1.54) is 6.07 Å². The molecule has 0 aliphatic rings. The fourth-order valence-corrected chi connectivity index (χ4v) is 2.10. The first-order chi connectivity index (χ1) is 9.47. The van der Waals surface area contributed by atoms with E-state index in [1.54, 1.807) is 31.2 Å². The van der Waals surface area contributed by atoms with Crippen molar-refractivity contribution in [1.29, 1.82) is 0 Å². The van der Waals surface area contributed by atoms with E-state index < -0.39 is 0 Å². The molecule has 0 N–H and O–H groups in total. The topological polar surface area (TPSA) is 17.1 Å². The third kappa shape index (κ3) is 3.21. The molecular formula is C18H17FO. The molecule has 0 heterocycles. The number of hydrogen-bond donors (Lipinski definition) is 0. The molecule has 0 unspecified atom stereocenters. The van der Waals surface area contributed by atoms with Crippen molar-refractivity contribution in [1.82, 2.24) is 0 Å². The summed E-state index contributed by atoms with van der Waals surface area (Å²) in [5, 5.41) is 0. The van der Waals surface area contributed by atoms with Crippen LogP contribution in [-0.4, -0.2) is 5.78 Å². The molecule has 0 fully saturated rings. The normalized spacial score (nSPS) is 10.3. The van der Waals surface area contributed by atoms with Gasteiger partial charge in [0.15, 0.2) is 5.78 Å². The first kappa shape index (κ1) is 14.2. The fourth-order valence-electron chi connectivity index (χ4n) is 2.10. The predicted molar refractivity (Wildman–Crippen MR) is 80.3 cm³/mol. The lowest BCUT2D eigenvalue weighted by Gasteiger charge is -2.09. The lowest BCUT2D eigenvalue weighted by atomic mass is 9.96. The van der Waals surface area contributed by atoms with E-state index in [-0.39, 0.29) is 11.6 Å². The monoisotopic (exact) mass is 268 g/mol. The Morgan fingerprint density at radius 2 is 1.70 bits per heavy atom. The van der Waals surface area contributed by atoms with E-state index in [0.717, 1.165) is 22.3 Å². The smallest absolute Gasteiger partial charge is 0.159 e. The van der Waals surface area contributed by atoms with Crippen molar-refractivity contribution in [2.24, 2.45) is 0 Å². The molecule has 0 saturated carbocycles. The molecule has 20 heavy (non-hydrogen) atoms. The Hall–Kier alpha value is -2.22. The summed E-state index contributed by atoms with van der Waals surface area (Å²) in [4.78, 5) is 11.2. The van der Waals surface area contributed by atoms with Gasteiger partial charge in [0.2, 0.25) is 0 Å². The SMILES string of the molecule is C=C(Cc1cc(F)ccc1C)c1ccc(C(C)=O)cc1. The lowest BCUT2D eigenvalue weighted by molar-refractivity contribution is 0.101. The highest BCUT2D eigenvalue weighted by molar-refractivity contribution is 5.94. The van der Waals surface area contributed by atoms with Crippen LogP contribution in [-0.2, 0) is 6.42 Å². The van der Waals surface area contributed by atoms with Gasteiger partial charge in [0.05, 0.1) is 0 Å². The number of carbonyl (C=O) groups excluding carboxylic acids is 1. The van der Waals surface area contributed by atoms with Crippen molar-refractivity contribution in [3.05, 3.63) is 77.1 Å². The maximum Gasteiger partial charge on any atom is 0.159 e. The summed E-state index contributed by atoms with van der Waals surface area (Å²) in [6.45, 7) is 7.56. The van der Waals surface area contributed by atoms with Gasteiger partial charge in [-0.25, -0.2) is 4.39 Å². The largest absolute Gasteiger partial charge is 0.295 e. The van der Waals surface area contributed by atoms with Gasteiger partial charge >= 0.3 is 0 Å².